The van der Waals surface area contributed by atoms with E-state index < -0.39 is 0 Å². The van der Waals surface area contributed by atoms with Crippen LogP contribution in [0, 0.1) is 11.8 Å². The Morgan fingerprint density at radius 1 is 0.923 bits per heavy atom. The SMILES string of the molecule is CCN=C(NC1CC2CCCC(C1)N2C)NC1CC1C1CCCCC1.I. The van der Waals surface area contributed by atoms with Crippen LogP contribution in [0.25, 0.3) is 0 Å². The standard InChI is InChI=1S/C21H38N4.HI/c1-3-22-21(24-20-14-19(20)15-8-5-4-6-9-15)23-16-12-17-10-7-11-18(13-16)25(17)2;/h15-20H,3-14H2,1-2H3,(H2,22,23,24);1H. The summed E-state index contributed by atoms with van der Waals surface area (Å²) < 4.78 is 0. The molecule has 0 amide bonds. The lowest BCUT2D eigenvalue weighted by Gasteiger charge is -2.47. The molecule has 2 N–H and O–H groups in total. The van der Waals surface area contributed by atoms with Crippen molar-refractivity contribution in [3.63, 3.8) is 0 Å². The Morgan fingerprint density at radius 3 is 2.27 bits per heavy atom. The molecular weight excluding hydrogens is 435 g/mol. The van der Waals surface area contributed by atoms with Gasteiger partial charge in [-0.15, -0.1) is 24.0 Å². The van der Waals surface area contributed by atoms with Crippen molar-refractivity contribution in [3.8, 4) is 0 Å². The zero-order valence-electron chi connectivity index (χ0n) is 16.8. The lowest BCUT2D eigenvalue weighted by molar-refractivity contribution is 0.0526. The molecule has 2 saturated carbocycles. The molecule has 2 bridgehead atoms. The van der Waals surface area contributed by atoms with Crippen LogP contribution in [0.2, 0.25) is 0 Å². The van der Waals surface area contributed by atoms with Crippen LogP contribution >= 0.6 is 24.0 Å². The number of nitrogens with one attached hydrogen (secondary N) is 2. The van der Waals surface area contributed by atoms with E-state index in [9.17, 15) is 0 Å². The first-order chi connectivity index (χ1) is 12.2. The summed E-state index contributed by atoms with van der Waals surface area (Å²) in [6.45, 7) is 3.02. The van der Waals surface area contributed by atoms with Gasteiger partial charge in [0.25, 0.3) is 0 Å². The Bertz CT molecular complexity index is 463. The number of guanidine groups is 1. The molecule has 4 fully saturated rings. The molecule has 2 heterocycles. The van der Waals surface area contributed by atoms with E-state index in [1.807, 2.05) is 0 Å². The minimum absolute atomic E-state index is 0. The number of fused-ring (bicyclic) bond motifs is 2. The molecule has 2 saturated heterocycles. The summed E-state index contributed by atoms with van der Waals surface area (Å²) in [6.07, 6.45) is 15.4. The Kier molecular flexibility index (Phi) is 7.51. The van der Waals surface area contributed by atoms with E-state index in [0.717, 1.165) is 36.4 Å². The number of hydrogen-bond acceptors (Lipinski definition) is 2. The zero-order valence-corrected chi connectivity index (χ0v) is 19.1. The zero-order chi connectivity index (χ0) is 17.2. The molecule has 4 rings (SSSR count). The van der Waals surface area contributed by atoms with Gasteiger partial charge in [0.2, 0.25) is 0 Å². The van der Waals surface area contributed by atoms with Crippen LogP contribution in [-0.2, 0) is 0 Å². The molecule has 2 aliphatic heterocycles. The van der Waals surface area contributed by atoms with Crippen molar-refractivity contribution in [1.82, 2.24) is 15.5 Å². The molecule has 4 nitrogen and oxygen atoms in total. The van der Waals surface area contributed by atoms with Gasteiger partial charge in [-0.3, -0.25) is 4.99 Å². The highest BCUT2D eigenvalue weighted by Crippen LogP contribution is 2.44. The number of aliphatic imine (C=N–C) groups is 1. The predicted molar refractivity (Wildman–Crippen MR) is 120 cm³/mol. The normalized spacial score (nSPS) is 38.4. The van der Waals surface area contributed by atoms with Gasteiger partial charge >= 0.3 is 0 Å². The van der Waals surface area contributed by atoms with E-state index in [4.69, 9.17) is 4.99 Å². The quantitative estimate of drug-likeness (QED) is 0.366. The van der Waals surface area contributed by atoms with Gasteiger partial charge in [0, 0.05) is 30.7 Å². The van der Waals surface area contributed by atoms with Crippen molar-refractivity contribution in [3.05, 3.63) is 0 Å². The van der Waals surface area contributed by atoms with Crippen LogP contribution in [0.1, 0.15) is 77.6 Å². The third-order valence-electron chi connectivity index (χ3n) is 7.41. The second-order valence-corrected chi connectivity index (χ2v) is 9.09. The van der Waals surface area contributed by atoms with Gasteiger partial charge < -0.3 is 15.5 Å². The maximum Gasteiger partial charge on any atom is 0.191 e. The fourth-order valence-corrected chi connectivity index (χ4v) is 5.86. The fraction of sp³-hybridized carbons (Fsp3) is 0.952. The maximum absolute atomic E-state index is 4.77. The van der Waals surface area contributed by atoms with E-state index in [-0.39, 0.29) is 24.0 Å². The molecule has 5 heteroatoms. The smallest absolute Gasteiger partial charge is 0.191 e. The van der Waals surface area contributed by atoms with Crippen LogP contribution < -0.4 is 10.6 Å². The van der Waals surface area contributed by atoms with E-state index in [0.29, 0.717) is 12.1 Å². The van der Waals surface area contributed by atoms with Gasteiger partial charge in [0.05, 0.1) is 0 Å². The van der Waals surface area contributed by atoms with Gasteiger partial charge in [-0.2, -0.15) is 0 Å². The third-order valence-corrected chi connectivity index (χ3v) is 7.41. The fourth-order valence-electron chi connectivity index (χ4n) is 5.86. The predicted octanol–water partition coefficient (Wildman–Crippen LogP) is 4.14. The van der Waals surface area contributed by atoms with Crippen LogP contribution in [0.3, 0.4) is 0 Å². The number of nitrogens with zero attached hydrogens (tertiary/aromatic N) is 2. The van der Waals surface area contributed by atoms with E-state index >= 15 is 0 Å². The Labute approximate surface area is 177 Å². The van der Waals surface area contributed by atoms with Crippen molar-refractivity contribution in [2.45, 2.75) is 102 Å². The number of rotatable bonds is 4. The van der Waals surface area contributed by atoms with Crippen LogP contribution in [-0.4, -0.2) is 48.6 Å². The minimum Gasteiger partial charge on any atom is -0.354 e. The summed E-state index contributed by atoms with van der Waals surface area (Å²) in [5.41, 5.74) is 0. The average Bonchev–Trinajstić information content (AvgIpc) is 3.36. The highest BCUT2D eigenvalue weighted by atomic mass is 127. The Balaban J connectivity index is 0.00000196. The minimum atomic E-state index is 0. The molecule has 0 spiro atoms. The van der Waals surface area contributed by atoms with Crippen LogP contribution in [0.4, 0.5) is 0 Å². The van der Waals surface area contributed by atoms with Crippen molar-refractivity contribution < 1.29 is 0 Å². The molecule has 150 valence electrons. The van der Waals surface area contributed by atoms with Crippen molar-refractivity contribution in [2.24, 2.45) is 16.8 Å². The van der Waals surface area contributed by atoms with Crippen molar-refractivity contribution in [1.29, 1.82) is 0 Å². The molecule has 2 aliphatic carbocycles. The molecule has 4 atom stereocenters. The third kappa shape index (κ3) is 4.86. The van der Waals surface area contributed by atoms with E-state index in [2.05, 4.69) is 29.5 Å². The Hall–Kier alpha value is -0.0400. The summed E-state index contributed by atoms with van der Waals surface area (Å²) in [6, 6.07) is 2.86. The summed E-state index contributed by atoms with van der Waals surface area (Å²) in [7, 11) is 2.34. The first kappa shape index (κ1) is 20.7. The molecule has 0 aromatic carbocycles. The van der Waals surface area contributed by atoms with Gasteiger partial charge in [0.1, 0.15) is 0 Å². The highest BCUT2D eigenvalue weighted by molar-refractivity contribution is 14.0. The average molecular weight is 474 g/mol. The summed E-state index contributed by atoms with van der Waals surface area (Å²) in [4.78, 5) is 7.42. The molecule has 0 aromatic heterocycles. The highest BCUT2D eigenvalue weighted by Gasteiger charge is 2.44. The molecule has 26 heavy (non-hydrogen) atoms. The largest absolute Gasteiger partial charge is 0.354 e. The molecule has 0 radical (unpaired) electrons. The molecule has 4 unspecified atom stereocenters. The lowest BCUT2D eigenvalue weighted by Crippen LogP contribution is -2.57. The lowest BCUT2D eigenvalue weighted by atomic mass is 9.82. The number of piperidine rings is 2. The maximum atomic E-state index is 4.77. The summed E-state index contributed by atoms with van der Waals surface area (Å²) >= 11 is 0. The first-order valence-electron chi connectivity index (χ1n) is 11.0. The monoisotopic (exact) mass is 474 g/mol. The van der Waals surface area contributed by atoms with E-state index in [1.165, 1.54) is 70.6 Å². The van der Waals surface area contributed by atoms with Gasteiger partial charge in [0.15, 0.2) is 5.96 Å². The van der Waals surface area contributed by atoms with Crippen molar-refractivity contribution >= 4 is 29.9 Å². The van der Waals surface area contributed by atoms with Gasteiger partial charge in [-0.25, -0.2) is 0 Å². The second-order valence-electron chi connectivity index (χ2n) is 9.09. The Morgan fingerprint density at radius 2 is 1.62 bits per heavy atom. The van der Waals surface area contributed by atoms with Crippen LogP contribution in [0.15, 0.2) is 4.99 Å². The second kappa shape index (κ2) is 9.44. The van der Waals surface area contributed by atoms with Crippen LogP contribution in [0.5, 0.6) is 0 Å². The summed E-state index contributed by atoms with van der Waals surface area (Å²) in [5.74, 6) is 3.00. The van der Waals surface area contributed by atoms with Gasteiger partial charge in [-0.05, 0) is 57.9 Å². The van der Waals surface area contributed by atoms with E-state index in [1.54, 1.807) is 0 Å². The topological polar surface area (TPSA) is 39.7 Å². The summed E-state index contributed by atoms with van der Waals surface area (Å²) in [5, 5.41) is 7.60. The first-order valence-corrected chi connectivity index (χ1v) is 11.0. The number of halogens is 1. The number of hydrogen-bond donors (Lipinski definition) is 2. The van der Waals surface area contributed by atoms with Crippen molar-refractivity contribution in [2.75, 3.05) is 13.6 Å². The molecule has 0 aromatic rings. The molecule has 4 aliphatic rings. The van der Waals surface area contributed by atoms with Gasteiger partial charge in [-0.1, -0.05) is 38.5 Å². The molecular formula is C21H39IN4.